The molecule has 0 aliphatic rings. The van der Waals surface area contributed by atoms with Gasteiger partial charge in [-0.05, 0) is 36.8 Å². The van der Waals surface area contributed by atoms with Gasteiger partial charge in [-0.25, -0.2) is 9.97 Å². The highest BCUT2D eigenvalue weighted by Crippen LogP contribution is 2.28. The Morgan fingerprint density at radius 2 is 1.81 bits per heavy atom. The summed E-state index contributed by atoms with van der Waals surface area (Å²) in [6.45, 7) is 2.05. The lowest BCUT2D eigenvalue weighted by Gasteiger charge is -2.16. The normalized spacial score (nSPS) is 12.3. The molecule has 0 saturated carbocycles. The zero-order valence-electron chi connectivity index (χ0n) is 11.3. The van der Waals surface area contributed by atoms with Crippen LogP contribution in [0.1, 0.15) is 18.5 Å². The standard InChI is InChI=1S/C16H13Cl2N3/c1-10(11-6-7-13(17)14(18)8-11)21-16-12-4-2-3-5-15(12)19-9-20-16/h2-10H,1H3,(H,19,20,21). The van der Waals surface area contributed by atoms with Gasteiger partial charge in [0.15, 0.2) is 0 Å². The van der Waals surface area contributed by atoms with Crippen molar-refractivity contribution >= 4 is 39.9 Å². The van der Waals surface area contributed by atoms with Crippen molar-refractivity contribution in [3.63, 3.8) is 0 Å². The number of para-hydroxylation sites is 1. The van der Waals surface area contributed by atoms with E-state index >= 15 is 0 Å². The molecule has 21 heavy (non-hydrogen) atoms. The van der Waals surface area contributed by atoms with E-state index in [1.165, 1.54) is 0 Å². The van der Waals surface area contributed by atoms with E-state index in [-0.39, 0.29) is 6.04 Å². The first-order chi connectivity index (χ1) is 10.1. The molecule has 0 amide bonds. The Balaban J connectivity index is 1.92. The molecule has 3 rings (SSSR count). The summed E-state index contributed by atoms with van der Waals surface area (Å²) in [4.78, 5) is 8.59. The average Bonchev–Trinajstić information content (AvgIpc) is 2.50. The van der Waals surface area contributed by atoms with Gasteiger partial charge in [-0.2, -0.15) is 0 Å². The van der Waals surface area contributed by atoms with Gasteiger partial charge in [0.05, 0.1) is 21.6 Å². The van der Waals surface area contributed by atoms with Crippen LogP contribution >= 0.6 is 23.2 Å². The van der Waals surface area contributed by atoms with Crippen LogP contribution in [-0.4, -0.2) is 9.97 Å². The molecular weight excluding hydrogens is 305 g/mol. The molecule has 1 heterocycles. The van der Waals surface area contributed by atoms with Crippen molar-refractivity contribution in [3.05, 3.63) is 64.4 Å². The Morgan fingerprint density at radius 1 is 1.00 bits per heavy atom. The lowest BCUT2D eigenvalue weighted by Crippen LogP contribution is -2.08. The van der Waals surface area contributed by atoms with E-state index in [2.05, 4.69) is 22.2 Å². The van der Waals surface area contributed by atoms with Gasteiger partial charge in [-0.15, -0.1) is 0 Å². The highest BCUT2D eigenvalue weighted by molar-refractivity contribution is 6.42. The number of halogens is 2. The van der Waals surface area contributed by atoms with E-state index in [0.29, 0.717) is 10.0 Å². The minimum absolute atomic E-state index is 0.0538. The van der Waals surface area contributed by atoms with Crippen LogP contribution in [0.2, 0.25) is 10.0 Å². The summed E-state index contributed by atoms with van der Waals surface area (Å²) in [5, 5.41) is 5.49. The van der Waals surface area contributed by atoms with E-state index in [1.807, 2.05) is 36.4 Å². The molecule has 1 N–H and O–H groups in total. The van der Waals surface area contributed by atoms with Crippen molar-refractivity contribution in [3.8, 4) is 0 Å². The van der Waals surface area contributed by atoms with E-state index in [0.717, 1.165) is 22.3 Å². The predicted octanol–water partition coefficient (Wildman–Crippen LogP) is 5.11. The molecule has 0 fully saturated rings. The van der Waals surface area contributed by atoms with Gasteiger partial charge in [-0.1, -0.05) is 41.4 Å². The summed E-state index contributed by atoms with van der Waals surface area (Å²) < 4.78 is 0. The second-order valence-electron chi connectivity index (χ2n) is 4.78. The number of rotatable bonds is 3. The second kappa shape index (κ2) is 5.88. The molecule has 1 aromatic heterocycles. The van der Waals surface area contributed by atoms with Crippen LogP contribution < -0.4 is 5.32 Å². The van der Waals surface area contributed by atoms with Crippen LogP contribution in [0, 0.1) is 0 Å². The van der Waals surface area contributed by atoms with Crippen molar-refractivity contribution in [1.82, 2.24) is 9.97 Å². The molecule has 0 spiro atoms. The third-order valence-corrected chi connectivity index (χ3v) is 4.08. The highest BCUT2D eigenvalue weighted by atomic mass is 35.5. The minimum atomic E-state index is 0.0538. The summed E-state index contributed by atoms with van der Waals surface area (Å²) in [6.07, 6.45) is 1.56. The fourth-order valence-corrected chi connectivity index (χ4v) is 2.50. The smallest absolute Gasteiger partial charge is 0.137 e. The number of fused-ring (bicyclic) bond motifs is 1. The number of hydrogen-bond donors (Lipinski definition) is 1. The number of aromatic nitrogens is 2. The van der Waals surface area contributed by atoms with Gasteiger partial charge in [0.2, 0.25) is 0 Å². The largest absolute Gasteiger partial charge is 0.363 e. The first-order valence-electron chi connectivity index (χ1n) is 6.56. The van der Waals surface area contributed by atoms with E-state index in [9.17, 15) is 0 Å². The Bertz CT molecular complexity index is 784. The molecule has 1 unspecified atom stereocenters. The molecule has 106 valence electrons. The molecule has 3 aromatic rings. The topological polar surface area (TPSA) is 37.8 Å². The van der Waals surface area contributed by atoms with Crippen molar-refractivity contribution in [2.24, 2.45) is 0 Å². The molecule has 0 bridgehead atoms. The quantitative estimate of drug-likeness (QED) is 0.729. The zero-order chi connectivity index (χ0) is 14.8. The lowest BCUT2D eigenvalue weighted by atomic mass is 10.1. The number of benzene rings is 2. The summed E-state index contributed by atoms with van der Waals surface area (Å²) in [5.74, 6) is 0.805. The Morgan fingerprint density at radius 3 is 2.62 bits per heavy atom. The van der Waals surface area contributed by atoms with Gasteiger partial charge in [0.25, 0.3) is 0 Å². The van der Waals surface area contributed by atoms with E-state index < -0.39 is 0 Å². The first kappa shape index (κ1) is 14.1. The van der Waals surface area contributed by atoms with Gasteiger partial charge in [-0.3, -0.25) is 0 Å². The molecule has 5 heteroatoms. The number of anilines is 1. The summed E-state index contributed by atoms with van der Waals surface area (Å²) in [5.41, 5.74) is 1.96. The van der Waals surface area contributed by atoms with Crippen LogP contribution in [0.25, 0.3) is 10.9 Å². The third-order valence-electron chi connectivity index (χ3n) is 3.34. The predicted molar refractivity (Wildman–Crippen MR) is 88.0 cm³/mol. The Hall–Kier alpha value is -1.84. The lowest BCUT2D eigenvalue weighted by molar-refractivity contribution is 0.876. The molecule has 0 saturated heterocycles. The fourth-order valence-electron chi connectivity index (χ4n) is 2.19. The van der Waals surface area contributed by atoms with Gasteiger partial charge < -0.3 is 5.32 Å². The molecule has 0 aliphatic heterocycles. The molecule has 2 aromatic carbocycles. The van der Waals surface area contributed by atoms with Crippen LogP contribution in [0.4, 0.5) is 5.82 Å². The minimum Gasteiger partial charge on any atom is -0.363 e. The highest BCUT2D eigenvalue weighted by Gasteiger charge is 2.10. The molecule has 3 nitrogen and oxygen atoms in total. The van der Waals surface area contributed by atoms with Crippen molar-refractivity contribution in [2.45, 2.75) is 13.0 Å². The Labute approximate surface area is 132 Å². The van der Waals surface area contributed by atoms with Crippen molar-refractivity contribution < 1.29 is 0 Å². The zero-order valence-corrected chi connectivity index (χ0v) is 12.9. The maximum atomic E-state index is 6.07. The van der Waals surface area contributed by atoms with Crippen molar-refractivity contribution in [1.29, 1.82) is 0 Å². The number of nitrogens with zero attached hydrogens (tertiary/aromatic N) is 2. The first-order valence-corrected chi connectivity index (χ1v) is 7.32. The van der Waals surface area contributed by atoms with Crippen molar-refractivity contribution in [2.75, 3.05) is 5.32 Å². The summed E-state index contributed by atoms with van der Waals surface area (Å²) in [6, 6.07) is 13.6. The number of nitrogens with one attached hydrogen (secondary N) is 1. The number of hydrogen-bond acceptors (Lipinski definition) is 3. The summed E-state index contributed by atoms with van der Waals surface area (Å²) in [7, 11) is 0. The third kappa shape index (κ3) is 2.94. The fraction of sp³-hybridized carbons (Fsp3) is 0.125. The second-order valence-corrected chi connectivity index (χ2v) is 5.59. The van der Waals surface area contributed by atoms with Crippen LogP contribution in [0.5, 0.6) is 0 Å². The monoisotopic (exact) mass is 317 g/mol. The van der Waals surface area contributed by atoms with E-state index in [4.69, 9.17) is 23.2 Å². The van der Waals surface area contributed by atoms with Crippen LogP contribution in [0.3, 0.4) is 0 Å². The molecule has 0 radical (unpaired) electrons. The van der Waals surface area contributed by atoms with Gasteiger partial charge >= 0.3 is 0 Å². The Kier molecular flexibility index (Phi) is 3.95. The summed E-state index contributed by atoms with van der Waals surface area (Å²) >= 11 is 12.0. The molecule has 0 aliphatic carbocycles. The molecular formula is C16H13Cl2N3. The van der Waals surface area contributed by atoms with Gasteiger partial charge in [0.1, 0.15) is 12.1 Å². The molecule has 1 atom stereocenters. The average molecular weight is 318 g/mol. The maximum absolute atomic E-state index is 6.07. The van der Waals surface area contributed by atoms with Crippen LogP contribution in [0.15, 0.2) is 48.8 Å². The maximum Gasteiger partial charge on any atom is 0.137 e. The SMILES string of the molecule is CC(Nc1ncnc2ccccc12)c1ccc(Cl)c(Cl)c1. The van der Waals surface area contributed by atoms with Gasteiger partial charge in [0, 0.05) is 5.39 Å². The van der Waals surface area contributed by atoms with Crippen LogP contribution in [-0.2, 0) is 0 Å². The van der Waals surface area contributed by atoms with E-state index in [1.54, 1.807) is 12.4 Å².